The third-order valence-corrected chi connectivity index (χ3v) is 6.33. The van der Waals surface area contributed by atoms with E-state index in [2.05, 4.69) is 13.8 Å². The Kier molecular flexibility index (Phi) is 6.61. The van der Waals surface area contributed by atoms with Gasteiger partial charge in [0.05, 0.1) is 18.2 Å². The zero-order chi connectivity index (χ0) is 26.1. The van der Waals surface area contributed by atoms with E-state index in [1.807, 2.05) is 43.3 Å². The molecule has 3 aromatic carbocycles. The number of carbonyl (C=O) groups is 2. The maximum absolute atomic E-state index is 13.4. The molecule has 2 aliphatic rings. The largest absolute Gasteiger partial charge is 0.507 e. The second-order valence-corrected chi connectivity index (χ2v) is 9.64. The molecular formula is C30H29NO6. The molecule has 0 radical (unpaired) electrons. The van der Waals surface area contributed by atoms with Crippen LogP contribution in [0.5, 0.6) is 17.2 Å². The van der Waals surface area contributed by atoms with Crippen LogP contribution in [0.15, 0.2) is 72.3 Å². The van der Waals surface area contributed by atoms with Gasteiger partial charge in [-0.3, -0.25) is 14.5 Å². The minimum Gasteiger partial charge on any atom is -0.507 e. The van der Waals surface area contributed by atoms with Crippen LogP contribution in [0, 0.1) is 12.8 Å². The molecule has 190 valence electrons. The number of benzene rings is 3. The number of ketones is 1. The average Bonchev–Trinajstić information content (AvgIpc) is 3.17. The van der Waals surface area contributed by atoms with E-state index in [9.17, 15) is 14.7 Å². The molecule has 0 saturated carbocycles. The molecule has 3 aromatic rings. The number of hydrogen-bond donors (Lipinski definition) is 1. The maximum Gasteiger partial charge on any atom is 0.300 e. The van der Waals surface area contributed by atoms with Crippen LogP contribution in [0.4, 0.5) is 5.69 Å². The molecule has 7 nitrogen and oxygen atoms in total. The molecule has 1 atom stereocenters. The summed E-state index contributed by atoms with van der Waals surface area (Å²) in [4.78, 5) is 28.3. The molecule has 1 saturated heterocycles. The zero-order valence-electron chi connectivity index (χ0n) is 21.1. The van der Waals surface area contributed by atoms with Gasteiger partial charge in [0.2, 0.25) is 0 Å². The topological polar surface area (TPSA) is 85.3 Å². The highest BCUT2D eigenvalue weighted by Gasteiger charge is 2.47. The van der Waals surface area contributed by atoms with Gasteiger partial charge < -0.3 is 19.3 Å². The summed E-state index contributed by atoms with van der Waals surface area (Å²) < 4.78 is 17.2. The fourth-order valence-electron chi connectivity index (χ4n) is 4.50. The van der Waals surface area contributed by atoms with Gasteiger partial charge in [-0.25, -0.2) is 0 Å². The third-order valence-electron chi connectivity index (χ3n) is 6.33. The van der Waals surface area contributed by atoms with Crippen molar-refractivity contribution in [2.45, 2.75) is 26.8 Å². The molecule has 0 aromatic heterocycles. The van der Waals surface area contributed by atoms with Gasteiger partial charge in [-0.05, 0) is 60.9 Å². The van der Waals surface area contributed by atoms with E-state index in [4.69, 9.17) is 14.2 Å². The van der Waals surface area contributed by atoms with Gasteiger partial charge >= 0.3 is 0 Å². The predicted molar refractivity (Wildman–Crippen MR) is 140 cm³/mol. The summed E-state index contributed by atoms with van der Waals surface area (Å²) in [7, 11) is 0. The highest BCUT2D eigenvalue weighted by atomic mass is 16.6. The van der Waals surface area contributed by atoms with Crippen LogP contribution >= 0.6 is 0 Å². The number of nitrogens with zero attached hydrogens (tertiary/aromatic N) is 1. The van der Waals surface area contributed by atoms with Crippen LogP contribution in [0.3, 0.4) is 0 Å². The molecule has 7 heteroatoms. The third kappa shape index (κ3) is 4.77. The van der Waals surface area contributed by atoms with Crippen LogP contribution in [0.25, 0.3) is 5.76 Å². The van der Waals surface area contributed by atoms with Gasteiger partial charge in [0.25, 0.3) is 11.7 Å². The van der Waals surface area contributed by atoms with Crippen molar-refractivity contribution < 1.29 is 28.9 Å². The van der Waals surface area contributed by atoms with Crippen LogP contribution in [-0.2, 0) is 9.59 Å². The summed E-state index contributed by atoms with van der Waals surface area (Å²) in [6.07, 6.45) is 0. The Morgan fingerprint density at radius 1 is 1.00 bits per heavy atom. The lowest BCUT2D eigenvalue weighted by molar-refractivity contribution is -0.132. The van der Waals surface area contributed by atoms with E-state index >= 15 is 0 Å². The van der Waals surface area contributed by atoms with Gasteiger partial charge in [-0.2, -0.15) is 0 Å². The van der Waals surface area contributed by atoms with Crippen molar-refractivity contribution in [2.75, 3.05) is 24.7 Å². The summed E-state index contributed by atoms with van der Waals surface area (Å²) in [6.45, 7) is 7.42. The number of aliphatic hydroxyl groups is 1. The van der Waals surface area contributed by atoms with E-state index in [-0.39, 0.29) is 11.3 Å². The van der Waals surface area contributed by atoms with Crippen molar-refractivity contribution in [1.29, 1.82) is 0 Å². The molecule has 2 aliphatic heterocycles. The fourth-order valence-corrected chi connectivity index (χ4v) is 4.50. The standard InChI is InChI=1S/C30H29NO6/c1-18(2)17-37-23-6-4-5-20(15-23)27-26(28(32)21-9-12-24-25(16-21)36-14-13-35-24)29(33)30(34)31(27)22-10-7-19(3)8-11-22/h4-12,15-16,18,27,32H,13-14,17H2,1-3H3/b28-26-. The minimum atomic E-state index is -0.849. The molecule has 1 N–H and O–H groups in total. The average molecular weight is 500 g/mol. The number of amides is 1. The number of anilines is 1. The lowest BCUT2D eigenvalue weighted by Gasteiger charge is -2.26. The summed E-state index contributed by atoms with van der Waals surface area (Å²) in [5.41, 5.74) is 2.61. The molecule has 1 fully saturated rings. The Morgan fingerprint density at radius 3 is 2.46 bits per heavy atom. The number of rotatable bonds is 6. The number of aliphatic hydroxyl groups excluding tert-OH is 1. The molecule has 37 heavy (non-hydrogen) atoms. The highest BCUT2D eigenvalue weighted by molar-refractivity contribution is 6.51. The van der Waals surface area contributed by atoms with Gasteiger partial charge in [-0.1, -0.05) is 43.7 Å². The van der Waals surface area contributed by atoms with Crippen molar-refractivity contribution in [2.24, 2.45) is 5.92 Å². The molecular weight excluding hydrogens is 470 g/mol. The first-order chi connectivity index (χ1) is 17.8. The first-order valence-electron chi connectivity index (χ1n) is 12.3. The first kappa shape index (κ1) is 24.4. The van der Waals surface area contributed by atoms with Crippen molar-refractivity contribution in [3.63, 3.8) is 0 Å². The number of carbonyl (C=O) groups excluding carboxylic acids is 2. The van der Waals surface area contributed by atoms with Gasteiger partial charge in [0.1, 0.15) is 24.7 Å². The van der Waals surface area contributed by atoms with Gasteiger partial charge in [0, 0.05) is 11.3 Å². The maximum atomic E-state index is 13.4. The quantitative estimate of drug-likeness (QED) is 0.277. The Balaban J connectivity index is 1.65. The Labute approximate surface area is 215 Å². The molecule has 5 rings (SSSR count). The second-order valence-electron chi connectivity index (χ2n) is 9.64. The molecule has 0 spiro atoms. The summed E-state index contributed by atoms with van der Waals surface area (Å²) >= 11 is 0. The van der Waals surface area contributed by atoms with Gasteiger partial charge in [0.15, 0.2) is 11.5 Å². The van der Waals surface area contributed by atoms with Crippen LogP contribution in [0.2, 0.25) is 0 Å². The summed E-state index contributed by atoms with van der Waals surface area (Å²) in [5, 5.41) is 11.4. The van der Waals surface area contributed by atoms with Crippen LogP contribution < -0.4 is 19.1 Å². The minimum absolute atomic E-state index is 0.00302. The number of Topliss-reactive ketones (excluding diaryl/α,β-unsaturated/α-hetero) is 1. The van der Waals surface area contributed by atoms with Crippen molar-refractivity contribution in [1.82, 2.24) is 0 Å². The molecule has 0 bridgehead atoms. The van der Waals surface area contributed by atoms with Crippen molar-refractivity contribution >= 4 is 23.1 Å². The lowest BCUT2D eigenvalue weighted by Crippen LogP contribution is -2.29. The Bertz CT molecular complexity index is 1380. The number of fused-ring (bicyclic) bond motifs is 1. The highest BCUT2D eigenvalue weighted by Crippen LogP contribution is 2.44. The summed E-state index contributed by atoms with van der Waals surface area (Å²) in [5.74, 6) is 0.256. The lowest BCUT2D eigenvalue weighted by atomic mass is 9.94. The molecule has 0 aliphatic carbocycles. The monoisotopic (exact) mass is 499 g/mol. The summed E-state index contributed by atoms with van der Waals surface area (Å²) in [6, 6.07) is 18.8. The predicted octanol–water partition coefficient (Wildman–Crippen LogP) is 5.43. The van der Waals surface area contributed by atoms with Crippen molar-refractivity contribution in [3.8, 4) is 17.2 Å². The smallest absolute Gasteiger partial charge is 0.300 e. The Morgan fingerprint density at radius 2 is 1.73 bits per heavy atom. The number of hydrogen-bond acceptors (Lipinski definition) is 6. The second kappa shape index (κ2) is 10.0. The first-order valence-corrected chi connectivity index (χ1v) is 12.3. The van der Waals surface area contributed by atoms with E-state index in [0.717, 1.165) is 5.56 Å². The van der Waals surface area contributed by atoms with Gasteiger partial charge in [-0.15, -0.1) is 0 Å². The molecule has 1 unspecified atom stereocenters. The SMILES string of the molecule is Cc1ccc(N2C(=O)C(=O)/C(=C(\O)c3ccc4c(c3)OCCO4)C2c2cccc(OCC(C)C)c2)cc1. The number of aryl methyl sites for hydroxylation is 1. The van der Waals surface area contributed by atoms with E-state index < -0.39 is 17.7 Å². The molecule has 2 heterocycles. The molecule has 1 amide bonds. The van der Waals surface area contributed by atoms with Crippen LogP contribution in [0.1, 0.15) is 36.6 Å². The van der Waals surface area contributed by atoms with E-state index in [1.165, 1.54) is 4.90 Å². The van der Waals surface area contributed by atoms with E-state index in [1.54, 1.807) is 30.3 Å². The van der Waals surface area contributed by atoms with Crippen molar-refractivity contribution in [3.05, 3.63) is 89.0 Å². The van der Waals surface area contributed by atoms with E-state index in [0.29, 0.717) is 59.8 Å². The Hall–Kier alpha value is -4.26. The zero-order valence-corrected chi connectivity index (χ0v) is 21.1. The normalized spacial score (nSPS) is 18.4. The van der Waals surface area contributed by atoms with Crippen LogP contribution in [-0.4, -0.2) is 36.6 Å². The fraction of sp³-hybridized carbons (Fsp3) is 0.267. The number of ether oxygens (including phenoxy) is 3.